The van der Waals surface area contributed by atoms with E-state index >= 15 is 0 Å². The molecule has 2 aromatic rings. The summed E-state index contributed by atoms with van der Waals surface area (Å²) in [6.45, 7) is 6.98. The summed E-state index contributed by atoms with van der Waals surface area (Å²) in [5.41, 5.74) is 1.36. The molecule has 1 aliphatic carbocycles. The number of hydrogen-bond acceptors (Lipinski definition) is 7. The quantitative estimate of drug-likeness (QED) is 0.454. The van der Waals surface area contributed by atoms with Gasteiger partial charge in [-0.25, -0.2) is 18.7 Å². The number of carbonyl (C=O) groups is 1. The van der Waals surface area contributed by atoms with Crippen LogP contribution in [0.15, 0.2) is 12.3 Å². The van der Waals surface area contributed by atoms with Crippen LogP contribution in [0.4, 0.5) is 14.6 Å². The van der Waals surface area contributed by atoms with Crippen molar-refractivity contribution < 1.29 is 18.7 Å². The standard InChI is InChI=1S/C26H37F2N5O2S/c1-16-10-21(31-18-8-6-5-7-9-18)29-12-19(16)22-20(13-33-15-26(27,28)11-17(33)2)32-24(36-22)23(34)30-14-25(3,4)35/h10,12,17-18,35H,5-9,11,13-15H2,1-4H3,(H,29,31)(H,30,34)/t17-/m0/s1. The van der Waals surface area contributed by atoms with Crippen LogP contribution in [0.1, 0.15) is 80.4 Å². The van der Waals surface area contributed by atoms with Crippen molar-refractivity contribution in [1.82, 2.24) is 20.2 Å². The summed E-state index contributed by atoms with van der Waals surface area (Å²) in [5, 5.41) is 16.5. The molecule has 0 spiro atoms. The number of pyridine rings is 1. The van der Waals surface area contributed by atoms with E-state index in [1.807, 2.05) is 13.0 Å². The van der Waals surface area contributed by atoms with Gasteiger partial charge in [0, 0.05) is 43.4 Å². The van der Waals surface area contributed by atoms with Crippen molar-refractivity contribution in [2.75, 3.05) is 18.4 Å². The van der Waals surface area contributed by atoms with Gasteiger partial charge in [0.25, 0.3) is 11.8 Å². The van der Waals surface area contributed by atoms with Crippen LogP contribution < -0.4 is 10.6 Å². The lowest BCUT2D eigenvalue weighted by atomic mass is 9.95. The summed E-state index contributed by atoms with van der Waals surface area (Å²) in [4.78, 5) is 24.5. The summed E-state index contributed by atoms with van der Waals surface area (Å²) in [6, 6.07) is 2.15. The van der Waals surface area contributed by atoms with Crippen LogP contribution in [-0.2, 0) is 6.54 Å². The largest absolute Gasteiger partial charge is 0.389 e. The molecule has 1 saturated carbocycles. The molecule has 2 aliphatic rings. The first-order valence-electron chi connectivity index (χ1n) is 12.8. The Bertz CT molecular complexity index is 1080. The maximum absolute atomic E-state index is 14.1. The van der Waals surface area contributed by atoms with Crippen LogP contribution >= 0.6 is 11.3 Å². The number of aromatic nitrogens is 2. The number of anilines is 1. The van der Waals surface area contributed by atoms with Crippen LogP contribution in [0.2, 0.25) is 0 Å². The molecule has 1 atom stereocenters. The summed E-state index contributed by atoms with van der Waals surface area (Å²) in [6.07, 6.45) is 7.62. The molecule has 1 amide bonds. The van der Waals surface area contributed by atoms with E-state index in [1.54, 1.807) is 31.9 Å². The Morgan fingerprint density at radius 2 is 2.03 bits per heavy atom. The van der Waals surface area contributed by atoms with Crippen LogP contribution in [0, 0.1) is 6.92 Å². The summed E-state index contributed by atoms with van der Waals surface area (Å²) < 4.78 is 28.1. The zero-order valence-corrected chi connectivity index (χ0v) is 22.4. The minimum absolute atomic E-state index is 0.0770. The number of thiazole rings is 1. The van der Waals surface area contributed by atoms with Crippen LogP contribution in [0.3, 0.4) is 0 Å². The van der Waals surface area contributed by atoms with Crippen LogP contribution in [-0.4, -0.2) is 62.6 Å². The highest BCUT2D eigenvalue weighted by Gasteiger charge is 2.43. The first-order valence-corrected chi connectivity index (χ1v) is 13.6. The third-order valence-electron chi connectivity index (χ3n) is 6.89. The molecule has 1 saturated heterocycles. The number of carbonyl (C=O) groups excluding carboxylic acids is 1. The molecular formula is C26H37F2N5O2S. The SMILES string of the molecule is Cc1cc(NC2CCCCC2)ncc1-c1sc(C(=O)NCC(C)(C)O)nc1CN1CC(F)(F)C[C@@H]1C. The van der Waals surface area contributed by atoms with Crippen molar-refractivity contribution in [3.8, 4) is 10.4 Å². The molecule has 198 valence electrons. The lowest BCUT2D eigenvalue weighted by Crippen LogP contribution is -2.38. The molecule has 10 heteroatoms. The smallest absolute Gasteiger partial charge is 0.280 e. The minimum Gasteiger partial charge on any atom is -0.389 e. The number of hydrogen-bond donors (Lipinski definition) is 3. The van der Waals surface area contributed by atoms with E-state index in [0.717, 1.165) is 34.7 Å². The van der Waals surface area contributed by atoms with Crippen molar-refractivity contribution in [1.29, 1.82) is 0 Å². The van der Waals surface area contributed by atoms with Gasteiger partial charge >= 0.3 is 0 Å². The van der Waals surface area contributed by atoms with Crippen molar-refractivity contribution in [2.24, 2.45) is 0 Å². The highest BCUT2D eigenvalue weighted by Crippen LogP contribution is 2.37. The molecule has 0 aromatic carbocycles. The Hall–Kier alpha value is -2.17. The fraction of sp³-hybridized carbons (Fsp3) is 0.654. The van der Waals surface area contributed by atoms with E-state index < -0.39 is 17.4 Å². The Labute approximate surface area is 215 Å². The monoisotopic (exact) mass is 521 g/mol. The van der Waals surface area contributed by atoms with Gasteiger partial charge in [0.15, 0.2) is 5.01 Å². The maximum atomic E-state index is 14.1. The van der Waals surface area contributed by atoms with Crippen molar-refractivity contribution in [3.63, 3.8) is 0 Å². The Morgan fingerprint density at radius 3 is 2.64 bits per heavy atom. The molecule has 4 rings (SSSR count). The van der Waals surface area contributed by atoms with Gasteiger partial charge in [-0.05, 0) is 52.2 Å². The molecule has 3 N–H and O–H groups in total. The van der Waals surface area contributed by atoms with E-state index in [9.17, 15) is 18.7 Å². The number of aryl methyl sites for hydroxylation is 1. The van der Waals surface area contributed by atoms with Gasteiger partial charge in [0.05, 0.1) is 22.7 Å². The van der Waals surface area contributed by atoms with Crippen molar-refractivity contribution in [3.05, 3.63) is 28.5 Å². The van der Waals surface area contributed by atoms with Crippen LogP contribution in [0.25, 0.3) is 10.4 Å². The van der Waals surface area contributed by atoms with Gasteiger partial charge < -0.3 is 15.7 Å². The molecule has 1 aliphatic heterocycles. The van der Waals surface area contributed by atoms with E-state index in [4.69, 9.17) is 0 Å². The number of likely N-dealkylation sites (tertiary alicyclic amines) is 1. The molecule has 0 bridgehead atoms. The zero-order chi connectivity index (χ0) is 26.1. The Balaban J connectivity index is 1.61. The molecular weight excluding hydrogens is 484 g/mol. The second-order valence-corrected chi connectivity index (χ2v) is 12.0. The normalized spacial score (nSPS) is 21.0. The molecule has 3 heterocycles. The average Bonchev–Trinajstić information content (AvgIpc) is 3.31. The topological polar surface area (TPSA) is 90.4 Å². The van der Waals surface area contributed by atoms with E-state index in [0.29, 0.717) is 11.7 Å². The van der Waals surface area contributed by atoms with Gasteiger partial charge in [0.1, 0.15) is 5.82 Å². The first-order chi connectivity index (χ1) is 16.9. The van der Waals surface area contributed by atoms with Gasteiger partial charge in [-0.1, -0.05) is 19.3 Å². The molecule has 2 fully saturated rings. The number of aliphatic hydroxyl groups is 1. The number of halogens is 2. The van der Waals surface area contributed by atoms with E-state index in [-0.39, 0.29) is 37.1 Å². The van der Waals surface area contributed by atoms with Crippen molar-refractivity contribution in [2.45, 2.75) is 96.4 Å². The van der Waals surface area contributed by atoms with Gasteiger partial charge in [0.2, 0.25) is 0 Å². The number of amides is 1. The first kappa shape index (κ1) is 26.9. The van der Waals surface area contributed by atoms with E-state index in [2.05, 4.69) is 20.6 Å². The summed E-state index contributed by atoms with van der Waals surface area (Å²) in [5.74, 6) is -2.30. The van der Waals surface area contributed by atoms with Gasteiger partial charge in [-0.3, -0.25) is 9.69 Å². The highest BCUT2D eigenvalue weighted by atomic mass is 32.1. The maximum Gasteiger partial charge on any atom is 0.280 e. The number of alkyl halides is 2. The number of nitrogens with zero attached hydrogens (tertiary/aromatic N) is 3. The third-order valence-corrected chi connectivity index (χ3v) is 8.02. The Kier molecular flexibility index (Phi) is 7.97. The fourth-order valence-corrected chi connectivity index (χ4v) is 6.02. The average molecular weight is 522 g/mol. The fourth-order valence-electron chi connectivity index (χ4n) is 4.95. The molecule has 7 nitrogen and oxygen atoms in total. The number of nitrogens with one attached hydrogen (secondary N) is 2. The molecule has 0 radical (unpaired) electrons. The van der Waals surface area contributed by atoms with Crippen LogP contribution in [0.5, 0.6) is 0 Å². The zero-order valence-electron chi connectivity index (χ0n) is 21.5. The lowest BCUT2D eigenvalue weighted by molar-refractivity contribution is 0.0113. The van der Waals surface area contributed by atoms with E-state index in [1.165, 1.54) is 30.6 Å². The minimum atomic E-state index is -2.73. The number of rotatable bonds is 8. The third kappa shape index (κ3) is 6.77. The Morgan fingerprint density at radius 1 is 1.31 bits per heavy atom. The predicted molar refractivity (Wildman–Crippen MR) is 139 cm³/mol. The lowest BCUT2D eigenvalue weighted by Gasteiger charge is -2.23. The highest BCUT2D eigenvalue weighted by molar-refractivity contribution is 7.17. The van der Waals surface area contributed by atoms with Crippen molar-refractivity contribution >= 4 is 23.1 Å². The van der Waals surface area contributed by atoms with Gasteiger partial charge in [-0.2, -0.15) is 0 Å². The summed E-state index contributed by atoms with van der Waals surface area (Å²) >= 11 is 1.23. The summed E-state index contributed by atoms with van der Waals surface area (Å²) in [7, 11) is 0. The molecule has 2 aromatic heterocycles. The second kappa shape index (κ2) is 10.7. The second-order valence-electron chi connectivity index (χ2n) is 11.0. The predicted octanol–water partition coefficient (Wildman–Crippen LogP) is 4.99. The molecule has 36 heavy (non-hydrogen) atoms. The molecule has 0 unspecified atom stereocenters. The van der Waals surface area contributed by atoms with Gasteiger partial charge in [-0.15, -0.1) is 11.3 Å².